The highest BCUT2D eigenvalue weighted by molar-refractivity contribution is 4.99. The zero-order valence-corrected chi connectivity index (χ0v) is 8.17. The van der Waals surface area contributed by atoms with Crippen molar-refractivity contribution in [1.29, 1.82) is 0 Å². The number of hydrogen-bond acceptors (Lipinski definition) is 3. The molecule has 1 heterocycles. The molecule has 0 aromatic heterocycles. The van der Waals surface area contributed by atoms with Gasteiger partial charge < -0.3 is 16.2 Å². The van der Waals surface area contributed by atoms with Crippen LogP contribution >= 0.6 is 0 Å². The van der Waals surface area contributed by atoms with Crippen molar-refractivity contribution in [1.82, 2.24) is 0 Å². The second kappa shape index (κ2) is 3.56. The minimum absolute atomic E-state index is 0.120. The Morgan fingerprint density at radius 2 is 1.92 bits per heavy atom. The van der Waals surface area contributed by atoms with Crippen molar-refractivity contribution >= 4 is 0 Å². The van der Waals surface area contributed by atoms with Crippen molar-refractivity contribution in [2.45, 2.75) is 31.7 Å². The third-order valence-electron chi connectivity index (χ3n) is 3.80. The summed E-state index contributed by atoms with van der Waals surface area (Å²) in [4.78, 5) is 0. The maximum atomic E-state index is 6.27. The zero-order valence-electron chi connectivity index (χ0n) is 8.17. The highest BCUT2D eigenvalue weighted by Gasteiger charge is 2.46. The summed E-state index contributed by atoms with van der Waals surface area (Å²) in [6, 6.07) is 0.272. The molecule has 0 aromatic carbocycles. The van der Waals surface area contributed by atoms with Crippen molar-refractivity contribution in [2.24, 2.45) is 22.8 Å². The van der Waals surface area contributed by atoms with Gasteiger partial charge in [-0.3, -0.25) is 0 Å². The summed E-state index contributed by atoms with van der Waals surface area (Å²) in [5.41, 5.74) is 12.2. The topological polar surface area (TPSA) is 61.3 Å². The SMILES string of the molecule is NCC1(C(N)C2CCCC2)COC1. The minimum atomic E-state index is 0.120. The van der Waals surface area contributed by atoms with E-state index in [0.717, 1.165) is 13.2 Å². The normalized spacial score (nSPS) is 30.0. The van der Waals surface area contributed by atoms with Crippen LogP contribution in [-0.4, -0.2) is 25.8 Å². The smallest absolute Gasteiger partial charge is 0.0572 e. The third kappa shape index (κ3) is 1.49. The summed E-state index contributed by atoms with van der Waals surface area (Å²) in [6.45, 7) is 2.24. The maximum absolute atomic E-state index is 6.27. The van der Waals surface area contributed by atoms with Crippen molar-refractivity contribution < 1.29 is 4.74 Å². The molecule has 1 saturated carbocycles. The zero-order chi connectivity index (χ0) is 9.31. The Kier molecular flexibility index (Phi) is 2.58. The van der Waals surface area contributed by atoms with E-state index in [4.69, 9.17) is 16.2 Å². The molecular formula is C10H20N2O. The Bertz CT molecular complexity index is 168. The lowest BCUT2D eigenvalue weighted by molar-refractivity contribution is -0.128. The molecule has 0 amide bonds. The lowest BCUT2D eigenvalue weighted by atomic mass is 9.72. The van der Waals surface area contributed by atoms with Gasteiger partial charge >= 0.3 is 0 Å². The Labute approximate surface area is 79.8 Å². The van der Waals surface area contributed by atoms with Crippen LogP contribution in [0, 0.1) is 11.3 Å². The number of rotatable bonds is 3. The molecule has 2 aliphatic rings. The largest absolute Gasteiger partial charge is 0.380 e. The molecule has 1 aliphatic heterocycles. The Morgan fingerprint density at radius 3 is 2.31 bits per heavy atom. The van der Waals surface area contributed by atoms with E-state index in [1.165, 1.54) is 25.7 Å². The van der Waals surface area contributed by atoms with E-state index in [1.54, 1.807) is 0 Å². The summed E-state index contributed by atoms with van der Waals surface area (Å²) >= 11 is 0. The Morgan fingerprint density at radius 1 is 1.31 bits per heavy atom. The lowest BCUT2D eigenvalue weighted by Gasteiger charge is -2.47. The van der Waals surface area contributed by atoms with Gasteiger partial charge in [-0.2, -0.15) is 0 Å². The molecule has 4 N–H and O–H groups in total. The van der Waals surface area contributed by atoms with Crippen LogP contribution in [0.5, 0.6) is 0 Å². The van der Waals surface area contributed by atoms with Crippen molar-refractivity contribution in [2.75, 3.05) is 19.8 Å². The molecule has 13 heavy (non-hydrogen) atoms. The van der Waals surface area contributed by atoms with Gasteiger partial charge in [0.05, 0.1) is 13.2 Å². The second-order valence-corrected chi connectivity index (χ2v) is 4.63. The fourth-order valence-corrected chi connectivity index (χ4v) is 2.63. The first-order valence-electron chi connectivity index (χ1n) is 5.32. The van der Waals surface area contributed by atoms with Gasteiger partial charge in [0.15, 0.2) is 0 Å². The third-order valence-corrected chi connectivity index (χ3v) is 3.80. The molecule has 3 nitrogen and oxygen atoms in total. The van der Waals surface area contributed by atoms with Crippen LogP contribution in [0.15, 0.2) is 0 Å². The fourth-order valence-electron chi connectivity index (χ4n) is 2.63. The Hall–Kier alpha value is -0.120. The van der Waals surface area contributed by atoms with Gasteiger partial charge in [-0.25, -0.2) is 0 Å². The highest BCUT2D eigenvalue weighted by atomic mass is 16.5. The van der Waals surface area contributed by atoms with Crippen LogP contribution in [-0.2, 0) is 4.74 Å². The quantitative estimate of drug-likeness (QED) is 0.670. The van der Waals surface area contributed by atoms with Gasteiger partial charge in [-0.1, -0.05) is 12.8 Å². The first-order chi connectivity index (χ1) is 6.28. The van der Waals surface area contributed by atoms with E-state index in [0.29, 0.717) is 12.5 Å². The van der Waals surface area contributed by atoms with E-state index >= 15 is 0 Å². The summed E-state index contributed by atoms with van der Waals surface area (Å²) in [5.74, 6) is 0.701. The van der Waals surface area contributed by atoms with Crippen molar-refractivity contribution in [3.05, 3.63) is 0 Å². The second-order valence-electron chi connectivity index (χ2n) is 4.63. The molecule has 1 atom stereocenters. The first kappa shape index (κ1) is 9.44. The molecule has 76 valence electrons. The monoisotopic (exact) mass is 184 g/mol. The van der Waals surface area contributed by atoms with Crippen LogP contribution in [0.3, 0.4) is 0 Å². The fraction of sp³-hybridized carbons (Fsp3) is 1.00. The molecule has 0 spiro atoms. The van der Waals surface area contributed by atoms with E-state index in [1.807, 2.05) is 0 Å². The van der Waals surface area contributed by atoms with E-state index in [9.17, 15) is 0 Å². The Balaban J connectivity index is 1.97. The van der Waals surface area contributed by atoms with Crippen LogP contribution < -0.4 is 11.5 Å². The van der Waals surface area contributed by atoms with Gasteiger partial charge in [-0.05, 0) is 18.8 Å². The molecule has 1 saturated heterocycles. The molecular weight excluding hydrogens is 164 g/mol. The summed E-state index contributed by atoms with van der Waals surface area (Å²) in [6.07, 6.45) is 5.28. The summed E-state index contributed by atoms with van der Waals surface area (Å²) in [5, 5.41) is 0. The van der Waals surface area contributed by atoms with Gasteiger partial charge in [0.2, 0.25) is 0 Å². The molecule has 1 unspecified atom stereocenters. The van der Waals surface area contributed by atoms with E-state index < -0.39 is 0 Å². The summed E-state index contributed by atoms with van der Waals surface area (Å²) in [7, 11) is 0. The van der Waals surface area contributed by atoms with Gasteiger partial charge in [-0.15, -0.1) is 0 Å². The average Bonchev–Trinajstić information content (AvgIpc) is 2.54. The molecule has 0 bridgehead atoms. The lowest BCUT2D eigenvalue weighted by Crippen LogP contribution is -2.61. The van der Waals surface area contributed by atoms with Gasteiger partial charge in [0, 0.05) is 18.0 Å². The van der Waals surface area contributed by atoms with Crippen molar-refractivity contribution in [3.63, 3.8) is 0 Å². The van der Waals surface area contributed by atoms with Gasteiger partial charge in [0.25, 0.3) is 0 Å². The number of hydrogen-bond donors (Lipinski definition) is 2. The first-order valence-corrected chi connectivity index (χ1v) is 5.32. The summed E-state index contributed by atoms with van der Waals surface area (Å²) < 4.78 is 5.25. The highest BCUT2D eigenvalue weighted by Crippen LogP contribution is 2.38. The van der Waals surface area contributed by atoms with E-state index in [2.05, 4.69) is 0 Å². The predicted molar refractivity (Wildman–Crippen MR) is 52.2 cm³/mol. The van der Waals surface area contributed by atoms with E-state index in [-0.39, 0.29) is 11.5 Å². The van der Waals surface area contributed by atoms with Gasteiger partial charge in [0.1, 0.15) is 0 Å². The molecule has 0 aromatic rings. The molecule has 0 radical (unpaired) electrons. The molecule has 2 fully saturated rings. The number of ether oxygens (including phenoxy) is 1. The molecule has 3 heteroatoms. The maximum Gasteiger partial charge on any atom is 0.0572 e. The van der Waals surface area contributed by atoms with Crippen LogP contribution in [0.25, 0.3) is 0 Å². The molecule has 2 rings (SSSR count). The number of nitrogens with two attached hydrogens (primary N) is 2. The minimum Gasteiger partial charge on any atom is -0.380 e. The van der Waals surface area contributed by atoms with Crippen LogP contribution in [0.1, 0.15) is 25.7 Å². The molecule has 1 aliphatic carbocycles. The standard InChI is InChI=1S/C10H20N2O/c11-5-10(6-13-7-10)9(12)8-3-1-2-4-8/h8-9H,1-7,11-12H2. The predicted octanol–water partition coefficient (Wildman–Crippen LogP) is 0.479. The van der Waals surface area contributed by atoms with Crippen LogP contribution in [0.4, 0.5) is 0 Å². The average molecular weight is 184 g/mol. The van der Waals surface area contributed by atoms with Crippen LogP contribution in [0.2, 0.25) is 0 Å². The van der Waals surface area contributed by atoms with Crippen molar-refractivity contribution in [3.8, 4) is 0 Å².